The summed E-state index contributed by atoms with van der Waals surface area (Å²) in [6.45, 7) is 7.30. The van der Waals surface area contributed by atoms with E-state index in [-0.39, 0.29) is 19.3 Å². The summed E-state index contributed by atoms with van der Waals surface area (Å²) in [5.74, 6) is -0.222. The van der Waals surface area contributed by atoms with Gasteiger partial charge in [0.15, 0.2) is 0 Å². The molecule has 51 heavy (non-hydrogen) atoms. The van der Waals surface area contributed by atoms with Crippen LogP contribution in [-0.4, -0.2) is 82.6 Å². The molecule has 1 aromatic heterocycles. The number of aliphatic hydroxyl groups excluding tert-OH is 2. The first-order valence-corrected chi connectivity index (χ1v) is 18.1. The van der Waals surface area contributed by atoms with Gasteiger partial charge in [0, 0.05) is 68.0 Å². The van der Waals surface area contributed by atoms with Crippen molar-refractivity contribution in [2.45, 2.75) is 64.5 Å². The van der Waals surface area contributed by atoms with Crippen LogP contribution in [-0.2, 0) is 31.0 Å². The smallest absolute Gasteiger partial charge is 0.323 e. The Morgan fingerprint density at radius 1 is 0.980 bits per heavy atom. The summed E-state index contributed by atoms with van der Waals surface area (Å²) in [4.78, 5) is 20.6. The highest BCUT2D eigenvalue weighted by molar-refractivity contribution is 6.32. The Kier molecular flexibility index (Phi) is 12.5. The van der Waals surface area contributed by atoms with Crippen molar-refractivity contribution in [2.24, 2.45) is 0 Å². The molecule has 11 heteroatoms. The topological polar surface area (TPSA) is 128 Å². The molecule has 270 valence electrons. The van der Waals surface area contributed by atoms with Crippen LogP contribution in [0.15, 0.2) is 73.1 Å². The SMILES string of the molecule is Cc1c(COc2cc(OCc3cccnc3)c(CNC(CO)C(=O)O)cc2Cl)cccc1-c1cccc2c1CCN2CCCN1CCC(O)CC1. The monoisotopic (exact) mass is 714 g/mol. The van der Waals surface area contributed by atoms with Crippen LogP contribution >= 0.6 is 11.6 Å². The summed E-state index contributed by atoms with van der Waals surface area (Å²) in [7, 11) is 0. The number of aromatic nitrogens is 1. The van der Waals surface area contributed by atoms with E-state index in [0.717, 1.165) is 75.1 Å². The van der Waals surface area contributed by atoms with E-state index in [1.807, 2.05) is 12.1 Å². The third kappa shape index (κ3) is 9.19. The molecule has 1 fully saturated rings. The van der Waals surface area contributed by atoms with Crippen LogP contribution in [0.1, 0.15) is 47.1 Å². The van der Waals surface area contributed by atoms with E-state index in [0.29, 0.717) is 28.7 Å². The number of carboxylic acids is 1. The van der Waals surface area contributed by atoms with Crippen molar-refractivity contribution in [1.29, 1.82) is 0 Å². The Morgan fingerprint density at radius 2 is 1.76 bits per heavy atom. The van der Waals surface area contributed by atoms with E-state index in [4.69, 9.17) is 21.1 Å². The van der Waals surface area contributed by atoms with Gasteiger partial charge in [0.1, 0.15) is 30.8 Å². The number of carbonyl (C=O) groups is 1. The maximum Gasteiger partial charge on any atom is 0.323 e. The van der Waals surface area contributed by atoms with Crippen molar-refractivity contribution in [3.8, 4) is 22.6 Å². The normalized spacial score (nSPS) is 15.5. The quantitative estimate of drug-likeness (QED) is 0.116. The van der Waals surface area contributed by atoms with Crippen molar-refractivity contribution in [3.05, 3.63) is 106 Å². The lowest BCUT2D eigenvalue weighted by molar-refractivity contribution is -0.140. The molecular weight excluding hydrogens is 668 g/mol. The van der Waals surface area contributed by atoms with E-state index in [1.165, 1.54) is 22.4 Å². The fourth-order valence-corrected chi connectivity index (χ4v) is 7.21. The van der Waals surface area contributed by atoms with Crippen LogP contribution in [0, 0.1) is 6.92 Å². The number of fused-ring (bicyclic) bond motifs is 1. The average Bonchev–Trinajstić information content (AvgIpc) is 3.56. The fraction of sp³-hybridized carbons (Fsp3) is 0.400. The molecule has 0 amide bonds. The second kappa shape index (κ2) is 17.4. The molecule has 1 atom stereocenters. The van der Waals surface area contributed by atoms with Crippen molar-refractivity contribution in [1.82, 2.24) is 15.2 Å². The Balaban J connectivity index is 1.16. The molecule has 0 saturated carbocycles. The fourth-order valence-electron chi connectivity index (χ4n) is 6.97. The Labute approximate surface area is 304 Å². The van der Waals surface area contributed by atoms with Crippen molar-refractivity contribution < 1.29 is 29.6 Å². The van der Waals surface area contributed by atoms with Gasteiger partial charge in [-0.1, -0.05) is 48.0 Å². The molecule has 0 bridgehead atoms. The molecule has 1 saturated heterocycles. The maximum atomic E-state index is 11.5. The maximum absolute atomic E-state index is 11.5. The number of benzene rings is 3. The van der Waals surface area contributed by atoms with Gasteiger partial charge in [-0.05, 0) is 85.2 Å². The molecule has 0 radical (unpaired) electrons. The third-order valence-corrected chi connectivity index (χ3v) is 10.2. The molecule has 3 aromatic carbocycles. The van der Waals surface area contributed by atoms with E-state index < -0.39 is 18.6 Å². The van der Waals surface area contributed by atoms with Crippen LogP contribution in [0.25, 0.3) is 11.1 Å². The summed E-state index contributed by atoms with van der Waals surface area (Å²) >= 11 is 6.73. The summed E-state index contributed by atoms with van der Waals surface area (Å²) in [5, 5.41) is 31.9. The number of aliphatic carboxylic acids is 1. The number of halogens is 1. The van der Waals surface area contributed by atoms with Crippen molar-refractivity contribution >= 4 is 23.3 Å². The zero-order valence-electron chi connectivity index (χ0n) is 29.1. The number of anilines is 1. The van der Waals surface area contributed by atoms with E-state index in [1.54, 1.807) is 24.5 Å². The summed E-state index contributed by atoms with van der Waals surface area (Å²) in [5.41, 5.74) is 8.82. The van der Waals surface area contributed by atoms with Gasteiger partial charge >= 0.3 is 5.97 Å². The van der Waals surface area contributed by atoms with E-state index >= 15 is 0 Å². The zero-order chi connectivity index (χ0) is 35.7. The molecule has 2 aliphatic heterocycles. The number of hydrogen-bond donors (Lipinski definition) is 4. The number of piperidine rings is 1. The minimum Gasteiger partial charge on any atom is -0.488 e. The van der Waals surface area contributed by atoms with Crippen LogP contribution in [0.3, 0.4) is 0 Å². The molecular formula is C40H47ClN4O6. The van der Waals surface area contributed by atoms with Gasteiger partial charge in [0.25, 0.3) is 0 Å². The Hall–Kier alpha value is -4.19. The van der Waals surface area contributed by atoms with Crippen LogP contribution in [0.4, 0.5) is 5.69 Å². The zero-order valence-corrected chi connectivity index (χ0v) is 29.8. The summed E-state index contributed by atoms with van der Waals surface area (Å²) in [6, 6.07) is 19.0. The van der Waals surface area contributed by atoms with Gasteiger partial charge in [-0.2, -0.15) is 0 Å². The molecule has 0 aliphatic carbocycles. The second-order valence-corrected chi connectivity index (χ2v) is 13.7. The number of ether oxygens (including phenoxy) is 2. The first kappa shape index (κ1) is 36.6. The average molecular weight is 715 g/mol. The number of likely N-dealkylation sites (tertiary alicyclic amines) is 1. The van der Waals surface area contributed by atoms with Crippen LogP contribution in [0.2, 0.25) is 5.02 Å². The molecule has 6 rings (SSSR count). The predicted octanol–water partition coefficient (Wildman–Crippen LogP) is 5.61. The van der Waals surface area contributed by atoms with Gasteiger partial charge in [0.2, 0.25) is 0 Å². The van der Waals surface area contributed by atoms with Gasteiger partial charge in [-0.15, -0.1) is 0 Å². The van der Waals surface area contributed by atoms with Gasteiger partial charge in [0.05, 0.1) is 17.7 Å². The highest BCUT2D eigenvalue weighted by atomic mass is 35.5. The Bertz CT molecular complexity index is 1780. The molecule has 4 N–H and O–H groups in total. The number of pyridine rings is 1. The first-order chi connectivity index (χ1) is 24.8. The number of nitrogens with zero attached hydrogens (tertiary/aromatic N) is 3. The molecule has 4 aromatic rings. The standard InChI is InChI=1S/C40H47ClN4O6/c1-27-29(7-2-8-32(27)33-9-3-10-37-34(33)13-19-45(37)16-5-15-44-17-11-31(47)12-18-44)26-51-39-21-38(50-25-28-6-4-14-42-22-28)30(20-35(39)41)23-43-36(24-46)40(48)49/h2-4,6-10,14,20-22,31,36,43,46-47H,5,11-13,15-19,23-26H2,1H3,(H,48,49). The van der Waals surface area contributed by atoms with Crippen molar-refractivity contribution in [3.63, 3.8) is 0 Å². The predicted molar refractivity (Wildman–Crippen MR) is 199 cm³/mol. The van der Waals surface area contributed by atoms with Crippen molar-refractivity contribution in [2.75, 3.05) is 44.2 Å². The highest BCUT2D eigenvalue weighted by Crippen LogP contribution is 2.39. The van der Waals surface area contributed by atoms with Gasteiger partial charge in [-0.3, -0.25) is 15.1 Å². The number of carboxylic acid groups (broad SMARTS) is 1. The lowest BCUT2D eigenvalue weighted by atomic mass is 9.92. The number of hydrogen-bond acceptors (Lipinski definition) is 9. The lowest BCUT2D eigenvalue weighted by Crippen LogP contribution is -2.39. The molecule has 10 nitrogen and oxygen atoms in total. The molecule has 1 unspecified atom stereocenters. The first-order valence-electron chi connectivity index (χ1n) is 17.7. The highest BCUT2D eigenvalue weighted by Gasteiger charge is 2.24. The summed E-state index contributed by atoms with van der Waals surface area (Å²) < 4.78 is 12.5. The number of nitrogens with one attached hydrogen (secondary N) is 1. The second-order valence-electron chi connectivity index (χ2n) is 13.3. The number of aliphatic hydroxyl groups is 2. The number of rotatable bonds is 16. The van der Waals surface area contributed by atoms with Gasteiger partial charge < -0.3 is 34.6 Å². The summed E-state index contributed by atoms with van der Waals surface area (Å²) in [6.07, 6.45) is 7.14. The van der Waals surface area contributed by atoms with Crippen LogP contribution < -0.4 is 19.7 Å². The van der Waals surface area contributed by atoms with Gasteiger partial charge in [-0.25, -0.2) is 0 Å². The molecule has 3 heterocycles. The van der Waals surface area contributed by atoms with Crippen LogP contribution in [0.5, 0.6) is 11.5 Å². The van der Waals surface area contributed by atoms with E-state index in [2.05, 4.69) is 63.4 Å². The minimum absolute atomic E-state index is 0.114. The lowest BCUT2D eigenvalue weighted by Gasteiger charge is -2.30. The third-order valence-electron chi connectivity index (χ3n) is 9.95. The minimum atomic E-state index is -1.15. The molecule has 2 aliphatic rings. The molecule has 0 spiro atoms. The largest absolute Gasteiger partial charge is 0.488 e. The van der Waals surface area contributed by atoms with E-state index in [9.17, 15) is 20.1 Å². The Morgan fingerprint density at radius 3 is 2.53 bits per heavy atom.